The Bertz CT molecular complexity index is 1670. The van der Waals surface area contributed by atoms with Crippen LogP contribution in [0, 0.1) is 21.6 Å². The van der Waals surface area contributed by atoms with Gasteiger partial charge in [0.25, 0.3) is 10.1 Å². The molecule has 47 heavy (non-hydrogen) atoms. The Morgan fingerprint density at radius 3 is 2.53 bits per heavy atom. The number of fused-ring (bicyclic) bond motifs is 1. The number of aromatic nitrogens is 1. The van der Waals surface area contributed by atoms with Gasteiger partial charge in [0, 0.05) is 18.7 Å². The summed E-state index contributed by atoms with van der Waals surface area (Å²) in [7, 11) is -3.62. The Kier molecular flexibility index (Phi) is 11.6. The molecule has 0 bridgehead atoms. The number of urea groups is 1. The number of nitrogens with one attached hydrogen (secondary N) is 5. The molecule has 1 aliphatic carbocycles. The Hall–Kier alpha value is -4.08. The van der Waals surface area contributed by atoms with E-state index in [1.54, 1.807) is 18.3 Å². The third kappa shape index (κ3) is 9.95. The summed E-state index contributed by atoms with van der Waals surface area (Å²) in [4.78, 5) is 19.5. The monoisotopic (exact) mass is 670 g/mol. The van der Waals surface area contributed by atoms with Gasteiger partial charge >= 0.3 is 6.03 Å². The first-order valence-electron chi connectivity index (χ1n) is 15.6. The highest BCUT2D eigenvalue weighted by Gasteiger charge is 2.30. The van der Waals surface area contributed by atoms with Crippen molar-refractivity contribution in [1.29, 1.82) is 16.2 Å². The number of morpholine rings is 1. The molecule has 1 aromatic carbocycles. The van der Waals surface area contributed by atoms with E-state index in [-0.39, 0.29) is 55.0 Å². The molecule has 4 rings (SSSR count). The van der Waals surface area contributed by atoms with E-state index in [4.69, 9.17) is 29.9 Å². The van der Waals surface area contributed by atoms with E-state index in [2.05, 4.69) is 15.6 Å². The highest BCUT2D eigenvalue weighted by atomic mass is 32.2. The molecule has 15 heteroatoms. The second-order valence-corrected chi connectivity index (χ2v) is 14.4. The number of amidine groups is 1. The zero-order valence-electron chi connectivity index (χ0n) is 27.6. The van der Waals surface area contributed by atoms with Crippen molar-refractivity contribution in [2.24, 2.45) is 10.4 Å². The lowest BCUT2D eigenvalue weighted by Gasteiger charge is -2.35. The van der Waals surface area contributed by atoms with Crippen LogP contribution in [0.15, 0.2) is 47.6 Å². The lowest BCUT2D eigenvalue weighted by molar-refractivity contribution is 0.0312. The van der Waals surface area contributed by atoms with Gasteiger partial charge in [0.1, 0.15) is 23.2 Å². The maximum absolute atomic E-state index is 13.2. The standard InChI is InChI=1S/C32H46N8O6S/c1-21-20-44-17-15-39(21)30(35)40-19-22(10-13-28(40)34)46-26-12-11-25(23-8-6-7-9-24(23)26)37-31(41)38-29(18-27(33)32(2,3)4)36-14-16-45-47(5,42)43/h6-10,13,19,21,25-26,33-35H,11-12,14-18,20H2,1-5H3,(H2,36,37,38,41). The number of hydrogen-bond acceptors (Lipinski definition) is 10. The Morgan fingerprint density at radius 1 is 1.13 bits per heavy atom. The zero-order chi connectivity index (χ0) is 34.4. The van der Waals surface area contributed by atoms with Gasteiger partial charge < -0.3 is 25.1 Å². The average molecular weight is 671 g/mol. The first kappa shape index (κ1) is 35.8. The molecule has 1 saturated heterocycles. The van der Waals surface area contributed by atoms with Crippen molar-refractivity contribution in [2.75, 3.05) is 39.2 Å². The minimum atomic E-state index is -3.62. The minimum Gasteiger partial charge on any atom is -0.484 e. The molecule has 2 aliphatic rings. The molecule has 3 unspecified atom stereocenters. The first-order valence-corrected chi connectivity index (χ1v) is 17.4. The number of nitrogens with zero attached hydrogens (tertiary/aromatic N) is 3. The summed E-state index contributed by atoms with van der Waals surface area (Å²) in [6.45, 7) is 9.11. The van der Waals surface area contributed by atoms with Crippen molar-refractivity contribution in [3.05, 3.63) is 59.2 Å². The van der Waals surface area contributed by atoms with E-state index in [1.165, 1.54) is 4.57 Å². The average Bonchev–Trinajstić information content (AvgIpc) is 3.00. The van der Waals surface area contributed by atoms with Gasteiger partial charge in [-0.05, 0) is 48.4 Å². The topological polar surface area (TPSA) is 195 Å². The number of rotatable bonds is 9. The van der Waals surface area contributed by atoms with E-state index in [0.717, 1.165) is 17.4 Å². The van der Waals surface area contributed by atoms with Crippen LogP contribution in [0.4, 0.5) is 4.79 Å². The molecule has 0 saturated carbocycles. The van der Waals surface area contributed by atoms with Crippen LogP contribution in [0.3, 0.4) is 0 Å². The number of carbonyl (C=O) groups is 1. The van der Waals surface area contributed by atoms with Crippen LogP contribution in [-0.2, 0) is 19.0 Å². The summed E-state index contributed by atoms with van der Waals surface area (Å²) >= 11 is 0. The van der Waals surface area contributed by atoms with Gasteiger partial charge in [-0.3, -0.25) is 29.9 Å². The summed E-state index contributed by atoms with van der Waals surface area (Å²) in [6.07, 6.45) is 3.59. The Balaban J connectivity index is 1.46. The normalized spacial score (nSPS) is 20.2. The van der Waals surface area contributed by atoms with E-state index in [9.17, 15) is 13.2 Å². The molecule has 1 aliphatic heterocycles. The lowest BCUT2D eigenvalue weighted by Crippen LogP contribution is -2.51. The number of benzene rings is 1. The molecule has 5 N–H and O–H groups in total. The van der Waals surface area contributed by atoms with Crippen molar-refractivity contribution in [3.8, 4) is 5.75 Å². The number of amides is 2. The van der Waals surface area contributed by atoms with Gasteiger partial charge in [-0.2, -0.15) is 8.42 Å². The summed E-state index contributed by atoms with van der Waals surface area (Å²) in [5.41, 5.74) is 1.91. The van der Waals surface area contributed by atoms with Crippen LogP contribution in [0.25, 0.3) is 0 Å². The first-order chi connectivity index (χ1) is 22.1. The van der Waals surface area contributed by atoms with Crippen molar-refractivity contribution in [1.82, 2.24) is 20.1 Å². The van der Waals surface area contributed by atoms with Crippen molar-refractivity contribution >= 4 is 33.7 Å². The van der Waals surface area contributed by atoms with E-state index >= 15 is 0 Å². The molecule has 0 radical (unpaired) electrons. The highest BCUT2D eigenvalue weighted by molar-refractivity contribution is 7.85. The molecule has 3 atom stereocenters. The molecule has 256 valence electrons. The highest BCUT2D eigenvalue weighted by Crippen LogP contribution is 2.38. The largest absolute Gasteiger partial charge is 0.484 e. The Morgan fingerprint density at radius 2 is 1.85 bits per heavy atom. The summed E-state index contributed by atoms with van der Waals surface area (Å²) < 4.78 is 40.9. The van der Waals surface area contributed by atoms with Crippen LogP contribution in [0.1, 0.15) is 70.2 Å². The SMILES string of the molecule is CC1COCCN1C(=N)n1cc(OC2CCC(NC(=O)NC(CC(=N)C(C)(C)C)=NCCOS(C)(=O)=O)c3ccccc32)ccc1=N. The van der Waals surface area contributed by atoms with E-state index in [1.807, 2.05) is 56.9 Å². The summed E-state index contributed by atoms with van der Waals surface area (Å²) in [6, 6.07) is 10.3. The fraction of sp³-hybridized carbons (Fsp3) is 0.531. The number of carbonyl (C=O) groups excluding carboxylic acids is 1. The molecule has 14 nitrogen and oxygen atoms in total. The number of pyridine rings is 1. The van der Waals surface area contributed by atoms with Crippen LogP contribution in [-0.4, -0.2) is 86.6 Å². The zero-order valence-corrected chi connectivity index (χ0v) is 28.4. The smallest absolute Gasteiger partial charge is 0.320 e. The maximum Gasteiger partial charge on any atom is 0.320 e. The minimum absolute atomic E-state index is 0.00245. The predicted octanol–water partition coefficient (Wildman–Crippen LogP) is 3.56. The number of hydrogen-bond donors (Lipinski definition) is 5. The molecule has 2 amide bonds. The third-order valence-electron chi connectivity index (χ3n) is 8.01. The number of aliphatic imine (C=N–C) groups is 1. The van der Waals surface area contributed by atoms with E-state index < -0.39 is 21.6 Å². The predicted molar refractivity (Wildman–Crippen MR) is 179 cm³/mol. The molecule has 1 fully saturated rings. The van der Waals surface area contributed by atoms with Crippen molar-refractivity contribution < 1.29 is 26.9 Å². The molecule has 0 spiro atoms. The van der Waals surface area contributed by atoms with E-state index in [0.29, 0.717) is 44.1 Å². The van der Waals surface area contributed by atoms with Gasteiger partial charge in [-0.1, -0.05) is 45.0 Å². The molecular weight excluding hydrogens is 624 g/mol. The van der Waals surface area contributed by atoms with Gasteiger partial charge in [-0.25, -0.2) is 4.79 Å². The second-order valence-electron chi connectivity index (χ2n) is 12.8. The van der Waals surface area contributed by atoms with Crippen LogP contribution < -0.4 is 20.9 Å². The van der Waals surface area contributed by atoms with Crippen molar-refractivity contribution in [3.63, 3.8) is 0 Å². The fourth-order valence-corrected chi connectivity index (χ4v) is 5.74. The van der Waals surface area contributed by atoms with Crippen molar-refractivity contribution in [2.45, 2.75) is 65.1 Å². The summed E-state index contributed by atoms with van der Waals surface area (Å²) in [5.74, 6) is 0.963. The maximum atomic E-state index is 13.2. The van der Waals surface area contributed by atoms with Gasteiger partial charge in [-0.15, -0.1) is 0 Å². The third-order valence-corrected chi connectivity index (χ3v) is 8.60. The van der Waals surface area contributed by atoms with Gasteiger partial charge in [0.05, 0.1) is 50.9 Å². The number of ether oxygens (including phenoxy) is 2. The van der Waals surface area contributed by atoms with Gasteiger partial charge in [0.2, 0.25) is 5.96 Å². The molecular formula is C32H46N8O6S. The van der Waals surface area contributed by atoms with Crippen LogP contribution >= 0.6 is 0 Å². The van der Waals surface area contributed by atoms with Crippen LogP contribution in [0.2, 0.25) is 0 Å². The molecule has 1 aromatic heterocycles. The van der Waals surface area contributed by atoms with Crippen LogP contribution in [0.5, 0.6) is 5.75 Å². The lowest BCUT2D eigenvalue weighted by atomic mass is 9.85. The quantitative estimate of drug-likeness (QED) is 0.116. The Labute approximate surface area is 276 Å². The second kappa shape index (κ2) is 15.2. The summed E-state index contributed by atoms with van der Waals surface area (Å²) in [5, 5.41) is 31.4. The fourth-order valence-electron chi connectivity index (χ4n) is 5.36. The molecule has 2 aromatic rings. The van der Waals surface area contributed by atoms with Gasteiger partial charge in [0.15, 0.2) is 0 Å². The molecule has 2 heterocycles.